The summed E-state index contributed by atoms with van der Waals surface area (Å²) in [6, 6.07) is 6.06. The van der Waals surface area contributed by atoms with Gasteiger partial charge in [-0.15, -0.1) is 0 Å². The summed E-state index contributed by atoms with van der Waals surface area (Å²) >= 11 is 0. The molecule has 2 N–H and O–H groups in total. The molecule has 0 radical (unpaired) electrons. The minimum Gasteiger partial charge on any atom is -0.488 e. The third kappa shape index (κ3) is 4.29. The van der Waals surface area contributed by atoms with Gasteiger partial charge in [-0.05, 0) is 12.1 Å². The van der Waals surface area contributed by atoms with Gasteiger partial charge in [0.15, 0.2) is 17.4 Å². The highest BCUT2D eigenvalue weighted by Gasteiger charge is 2.08. The van der Waals surface area contributed by atoms with Gasteiger partial charge >= 0.3 is 0 Å². The number of halogens is 1. The van der Waals surface area contributed by atoms with Crippen LogP contribution in [0.5, 0.6) is 5.75 Å². The van der Waals surface area contributed by atoms with E-state index in [2.05, 4.69) is 15.5 Å². The molecular weight excluding hydrogens is 265 g/mol. The Hall–Kier alpha value is -1.99. The third-order valence-corrected chi connectivity index (χ3v) is 2.50. The molecule has 1 atom stereocenters. The Morgan fingerprint density at radius 3 is 2.95 bits per heavy atom. The number of aryl methyl sites for hydroxylation is 1. The summed E-state index contributed by atoms with van der Waals surface area (Å²) in [5.74, 6) is 0.685. The molecule has 0 bridgehead atoms. The molecule has 2 rings (SSSR count). The molecule has 0 spiro atoms. The Labute approximate surface area is 115 Å². The maximum Gasteiger partial charge on any atom is 0.223 e. The summed E-state index contributed by atoms with van der Waals surface area (Å²) < 4.78 is 23.3. The fraction of sp³-hybridized carbons (Fsp3) is 0.385. The second-order valence-corrected chi connectivity index (χ2v) is 4.26. The van der Waals surface area contributed by atoms with Crippen molar-refractivity contribution < 1.29 is 18.8 Å². The van der Waals surface area contributed by atoms with Crippen molar-refractivity contribution in [2.75, 3.05) is 13.2 Å². The summed E-state index contributed by atoms with van der Waals surface area (Å²) in [5, 5.41) is 16.4. The minimum absolute atomic E-state index is 0.000789. The molecule has 20 heavy (non-hydrogen) atoms. The number of hydrogen-bond donors (Lipinski definition) is 2. The monoisotopic (exact) mass is 281 g/mol. The van der Waals surface area contributed by atoms with Gasteiger partial charge in [-0.3, -0.25) is 0 Å². The van der Waals surface area contributed by atoms with Crippen LogP contribution in [0.1, 0.15) is 11.7 Å². The Bertz CT molecular complexity index is 547. The van der Waals surface area contributed by atoms with E-state index in [4.69, 9.17) is 9.26 Å². The van der Waals surface area contributed by atoms with Gasteiger partial charge < -0.3 is 19.7 Å². The van der Waals surface area contributed by atoms with Gasteiger partial charge in [0, 0.05) is 13.5 Å². The lowest BCUT2D eigenvalue weighted by molar-refractivity contribution is 0.104. The van der Waals surface area contributed by atoms with E-state index < -0.39 is 11.9 Å². The van der Waals surface area contributed by atoms with Crippen molar-refractivity contribution in [3.05, 3.63) is 41.8 Å². The number of rotatable bonds is 7. The van der Waals surface area contributed by atoms with E-state index in [1.54, 1.807) is 19.1 Å². The zero-order chi connectivity index (χ0) is 14.4. The second-order valence-electron chi connectivity index (χ2n) is 4.26. The van der Waals surface area contributed by atoms with Gasteiger partial charge in [-0.25, -0.2) is 4.39 Å². The van der Waals surface area contributed by atoms with Crippen LogP contribution < -0.4 is 10.1 Å². The largest absolute Gasteiger partial charge is 0.488 e. The molecule has 1 aromatic carbocycles. The molecule has 6 nitrogen and oxygen atoms in total. The fourth-order valence-electron chi connectivity index (χ4n) is 1.57. The number of aliphatic hydroxyl groups is 1. The first-order valence-electron chi connectivity index (χ1n) is 6.20. The standard InChI is InChI=1S/C13H16FN3O3/c1-9-16-13(17-20-9)7-15-6-10(18)8-19-12-5-3-2-4-11(12)14/h2-5,10,15,18H,6-8H2,1H3. The molecule has 2 aromatic rings. The minimum atomic E-state index is -0.761. The molecule has 1 unspecified atom stereocenters. The predicted molar refractivity (Wildman–Crippen MR) is 68.6 cm³/mol. The summed E-state index contributed by atoms with van der Waals surface area (Å²) in [6.45, 7) is 2.36. The number of ether oxygens (including phenoxy) is 1. The summed E-state index contributed by atoms with van der Waals surface area (Å²) in [4.78, 5) is 4.01. The molecule has 0 aliphatic carbocycles. The average Bonchev–Trinajstić information content (AvgIpc) is 2.83. The number of para-hydroxylation sites is 1. The van der Waals surface area contributed by atoms with Crippen molar-refractivity contribution in [3.8, 4) is 5.75 Å². The highest BCUT2D eigenvalue weighted by atomic mass is 19.1. The Balaban J connectivity index is 1.68. The van der Waals surface area contributed by atoms with Gasteiger partial charge in [-0.1, -0.05) is 17.3 Å². The van der Waals surface area contributed by atoms with Crippen molar-refractivity contribution >= 4 is 0 Å². The smallest absolute Gasteiger partial charge is 0.223 e. The van der Waals surface area contributed by atoms with Crippen LogP contribution in [-0.4, -0.2) is 34.5 Å². The lowest BCUT2D eigenvalue weighted by Crippen LogP contribution is -2.31. The molecule has 1 heterocycles. The molecule has 0 aliphatic rings. The van der Waals surface area contributed by atoms with Crippen LogP contribution in [0.15, 0.2) is 28.8 Å². The van der Waals surface area contributed by atoms with Crippen LogP contribution in [0.25, 0.3) is 0 Å². The topological polar surface area (TPSA) is 80.4 Å². The first-order chi connectivity index (χ1) is 9.65. The van der Waals surface area contributed by atoms with E-state index in [9.17, 15) is 9.50 Å². The average molecular weight is 281 g/mol. The Morgan fingerprint density at radius 2 is 2.25 bits per heavy atom. The van der Waals surface area contributed by atoms with Gasteiger partial charge in [0.2, 0.25) is 5.89 Å². The van der Waals surface area contributed by atoms with Gasteiger partial charge in [0.1, 0.15) is 12.7 Å². The summed E-state index contributed by atoms with van der Waals surface area (Å²) in [5.41, 5.74) is 0. The number of nitrogens with zero attached hydrogens (tertiary/aromatic N) is 2. The maximum atomic E-state index is 13.3. The van der Waals surface area contributed by atoms with Gasteiger partial charge in [0.25, 0.3) is 0 Å². The molecule has 108 valence electrons. The normalized spacial score (nSPS) is 12.3. The van der Waals surface area contributed by atoms with E-state index in [0.29, 0.717) is 18.3 Å². The summed E-state index contributed by atoms with van der Waals surface area (Å²) in [7, 11) is 0. The number of nitrogens with one attached hydrogen (secondary N) is 1. The van der Waals surface area contributed by atoms with Crippen LogP contribution in [-0.2, 0) is 6.54 Å². The number of benzene rings is 1. The number of hydrogen-bond acceptors (Lipinski definition) is 6. The first-order valence-corrected chi connectivity index (χ1v) is 6.20. The lowest BCUT2D eigenvalue weighted by atomic mass is 10.3. The maximum absolute atomic E-state index is 13.3. The van der Waals surface area contributed by atoms with Crippen LogP contribution in [0, 0.1) is 12.7 Å². The predicted octanol–water partition coefficient (Wildman–Crippen LogP) is 1.05. The molecular formula is C13H16FN3O3. The van der Waals surface area contributed by atoms with E-state index in [1.165, 1.54) is 12.1 Å². The molecule has 0 saturated carbocycles. The van der Waals surface area contributed by atoms with Crippen molar-refractivity contribution in [3.63, 3.8) is 0 Å². The van der Waals surface area contributed by atoms with Crippen LogP contribution in [0.4, 0.5) is 4.39 Å². The van der Waals surface area contributed by atoms with Crippen molar-refractivity contribution in [1.29, 1.82) is 0 Å². The molecule has 0 saturated heterocycles. The van der Waals surface area contributed by atoms with Crippen molar-refractivity contribution in [1.82, 2.24) is 15.5 Å². The first kappa shape index (κ1) is 14.4. The third-order valence-electron chi connectivity index (χ3n) is 2.50. The van der Waals surface area contributed by atoms with E-state index in [-0.39, 0.29) is 18.9 Å². The van der Waals surface area contributed by atoms with Crippen LogP contribution in [0.3, 0.4) is 0 Å². The summed E-state index contributed by atoms with van der Waals surface area (Å²) in [6.07, 6.45) is -0.761. The van der Waals surface area contributed by atoms with Gasteiger partial charge in [-0.2, -0.15) is 4.98 Å². The van der Waals surface area contributed by atoms with E-state index in [0.717, 1.165) is 0 Å². The van der Waals surface area contributed by atoms with E-state index >= 15 is 0 Å². The van der Waals surface area contributed by atoms with Crippen molar-refractivity contribution in [2.45, 2.75) is 19.6 Å². The zero-order valence-corrected chi connectivity index (χ0v) is 11.0. The van der Waals surface area contributed by atoms with Crippen molar-refractivity contribution in [2.24, 2.45) is 0 Å². The number of aliphatic hydroxyl groups excluding tert-OH is 1. The molecule has 7 heteroatoms. The molecule has 0 fully saturated rings. The quantitative estimate of drug-likeness (QED) is 0.789. The fourth-order valence-corrected chi connectivity index (χ4v) is 1.57. The highest BCUT2D eigenvalue weighted by Crippen LogP contribution is 2.15. The highest BCUT2D eigenvalue weighted by molar-refractivity contribution is 5.23. The Morgan fingerprint density at radius 1 is 1.45 bits per heavy atom. The zero-order valence-electron chi connectivity index (χ0n) is 11.0. The molecule has 0 amide bonds. The molecule has 0 aliphatic heterocycles. The molecule has 1 aromatic heterocycles. The van der Waals surface area contributed by atoms with Crippen LogP contribution >= 0.6 is 0 Å². The lowest BCUT2D eigenvalue weighted by Gasteiger charge is -2.12. The Kier molecular flexibility index (Phi) is 5.03. The van der Waals surface area contributed by atoms with Crippen LogP contribution in [0.2, 0.25) is 0 Å². The SMILES string of the molecule is Cc1nc(CNCC(O)COc2ccccc2F)no1. The van der Waals surface area contributed by atoms with Gasteiger partial charge in [0.05, 0.1) is 6.54 Å². The van der Waals surface area contributed by atoms with E-state index in [1.807, 2.05) is 0 Å². The second kappa shape index (κ2) is 6.97. The number of aromatic nitrogens is 2.